The van der Waals surface area contributed by atoms with E-state index < -0.39 is 0 Å². The molecule has 0 atom stereocenters. The normalized spacial score (nSPS) is 22.7. The molecule has 1 saturated carbocycles. The van der Waals surface area contributed by atoms with Crippen LogP contribution in [0.15, 0.2) is 5.10 Å². The van der Waals surface area contributed by atoms with Gasteiger partial charge < -0.3 is 15.1 Å². The summed E-state index contributed by atoms with van der Waals surface area (Å²) in [7, 11) is 0. The van der Waals surface area contributed by atoms with Crippen molar-refractivity contribution in [2.24, 2.45) is 5.10 Å². The van der Waals surface area contributed by atoms with Crippen molar-refractivity contribution in [2.45, 2.75) is 51.0 Å². The number of nitrogens with zero attached hydrogens (tertiary/aromatic N) is 3. The number of urea groups is 1. The van der Waals surface area contributed by atoms with Crippen molar-refractivity contribution in [2.75, 3.05) is 26.2 Å². The highest BCUT2D eigenvalue weighted by atomic mass is 16.2. The van der Waals surface area contributed by atoms with Crippen molar-refractivity contribution in [1.82, 2.24) is 20.5 Å². The fourth-order valence-corrected chi connectivity index (χ4v) is 3.44. The van der Waals surface area contributed by atoms with Crippen LogP contribution < -0.4 is 10.7 Å². The Bertz CT molecular complexity index is 534. The highest BCUT2D eigenvalue weighted by molar-refractivity contribution is 6.39. The predicted molar refractivity (Wildman–Crippen MR) is 88.4 cm³/mol. The van der Waals surface area contributed by atoms with E-state index in [0.717, 1.165) is 12.8 Å². The molecule has 1 saturated heterocycles. The largest absolute Gasteiger partial charge is 0.335 e. The summed E-state index contributed by atoms with van der Waals surface area (Å²) in [6.45, 7) is 2.07. The van der Waals surface area contributed by atoms with Gasteiger partial charge in [0.25, 0.3) is 5.91 Å². The molecule has 0 unspecified atom stereocenters. The molecule has 0 aromatic heterocycles. The Hall–Kier alpha value is -2.12. The fourth-order valence-electron chi connectivity index (χ4n) is 3.44. The summed E-state index contributed by atoms with van der Waals surface area (Å²) in [6, 6.07) is 0.280. The van der Waals surface area contributed by atoms with Crippen LogP contribution in [0.4, 0.5) is 4.79 Å². The molecule has 2 fully saturated rings. The first-order chi connectivity index (χ1) is 11.6. The molecule has 4 amide bonds. The van der Waals surface area contributed by atoms with Gasteiger partial charge in [0, 0.05) is 45.1 Å². The SMILES string of the molecule is O=C1CCC(C(=O)N2CCN(C(=O)NC3CCCCC3)CC2)=NN1. The highest BCUT2D eigenvalue weighted by Gasteiger charge is 2.29. The third-order valence-electron chi connectivity index (χ3n) is 4.94. The van der Waals surface area contributed by atoms with Crippen molar-refractivity contribution in [3.8, 4) is 0 Å². The van der Waals surface area contributed by atoms with Gasteiger partial charge in [0.05, 0.1) is 0 Å². The minimum atomic E-state index is -0.157. The molecule has 0 spiro atoms. The molecule has 2 N–H and O–H groups in total. The van der Waals surface area contributed by atoms with Crippen LogP contribution >= 0.6 is 0 Å². The summed E-state index contributed by atoms with van der Waals surface area (Å²) < 4.78 is 0. The molecule has 0 bridgehead atoms. The smallest absolute Gasteiger partial charge is 0.317 e. The molecule has 2 heterocycles. The van der Waals surface area contributed by atoms with Crippen LogP contribution in [0.2, 0.25) is 0 Å². The molecule has 1 aliphatic carbocycles. The molecule has 132 valence electrons. The third kappa shape index (κ3) is 4.04. The second kappa shape index (κ2) is 7.63. The van der Waals surface area contributed by atoms with E-state index in [1.54, 1.807) is 9.80 Å². The molecule has 3 rings (SSSR count). The molecule has 24 heavy (non-hydrogen) atoms. The summed E-state index contributed by atoms with van der Waals surface area (Å²) in [5, 5.41) is 6.96. The number of nitrogens with one attached hydrogen (secondary N) is 2. The van der Waals surface area contributed by atoms with E-state index in [9.17, 15) is 14.4 Å². The van der Waals surface area contributed by atoms with Crippen LogP contribution in [0.3, 0.4) is 0 Å². The number of hydrogen-bond acceptors (Lipinski definition) is 4. The number of carbonyl (C=O) groups excluding carboxylic acids is 3. The van der Waals surface area contributed by atoms with Crippen molar-refractivity contribution >= 4 is 23.6 Å². The Kier molecular flexibility index (Phi) is 5.32. The summed E-state index contributed by atoms with van der Waals surface area (Å²) in [5.74, 6) is -0.293. The summed E-state index contributed by atoms with van der Waals surface area (Å²) in [5.41, 5.74) is 2.75. The van der Waals surface area contributed by atoms with Gasteiger partial charge in [-0.2, -0.15) is 5.10 Å². The summed E-state index contributed by atoms with van der Waals surface area (Å²) in [6.07, 6.45) is 6.45. The molecule has 8 nitrogen and oxygen atoms in total. The maximum atomic E-state index is 12.4. The fraction of sp³-hybridized carbons (Fsp3) is 0.750. The molecular formula is C16H25N5O3. The Balaban J connectivity index is 1.45. The first kappa shape index (κ1) is 16.7. The van der Waals surface area contributed by atoms with Gasteiger partial charge in [-0.25, -0.2) is 10.2 Å². The van der Waals surface area contributed by atoms with E-state index in [-0.39, 0.29) is 17.8 Å². The second-order valence-electron chi connectivity index (χ2n) is 6.66. The summed E-state index contributed by atoms with van der Waals surface area (Å²) >= 11 is 0. The summed E-state index contributed by atoms with van der Waals surface area (Å²) in [4.78, 5) is 39.3. The molecule has 8 heteroatoms. The lowest BCUT2D eigenvalue weighted by Crippen LogP contribution is -2.56. The van der Waals surface area contributed by atoms with Gasteiger partial charge in [-0.15, -0.1) is 0 Å². The van der Waals surface area contributed by atoms with Gasteiger partial charge in [-0.05, 0) is 12.8 Å². The van der Waals surface area contributed by atoms with E-state index in [0.29, 0.717) is 50.8 Å². The van der Waals surface area contributed by atoms with E-state index >= 15 is 0 Å². The van der Waals surface area contributed by atoms with E-state index in [2.05, 4.69) is 15.8 Å². The topological polar surface area (TPSA) is 94.1 Å². The first-order valence-electron chi connectivity index (χ1n) is 8.83. The molecule has 0 aromatic rings. The molecule has 2 aliphatic heterocycles. The highest BCUT2D eigenvalue weighted by Crippen LogP contribution is 2.18. The van der Waals surface area contributed by atoms with Crippen molar-refractivity contribution in [1.29, 1.82) is 0 Å². The number of carbonyl (C=O) groups is 3. The van der Waals surface area contributed by atoms with Crippen LogP contribution in [0.25, 0.3) is 0 Å². The maximum Gasteiger partial charge on any atom is 0.317 e. The van der Waals surface area contributed by atoms with E-state index in [1.165, 1.54) is 19.3 Å². The molecular weight excluding hydrogens is 310 g/mol. The average molecular weight is 335 g/mol. The van der Waals surface area contributed by atoms with Gasteiger partial charge in [0.1, 0.15) is 5.71 Å². The molecule has 0 radical (unpaired) electrons. The van der Waals surface area contributed by atoms with Crippen LogP contribution in [-0.2, 0) is 9.59 Å². The Morgan fingerprint density at radius 3 is 2.29 bits per heavy atom. The lowest BCUT2D eigenvalue weighted by atomic mass is 9.96. The van der Waals surface area contributed by atoms with Gasteiger partial charge in [-0.1, -0.05) is 19.3 Å². The van der Waals surface area contributed by atoms with Crippen molar-refractivity contribution in [3.63, 3.8) is 0 Å². The number of rotatable bonds is 2. The zero-order chi connectivity index (χ0) is 16.9. The van der Waals surface area contributed by atoms with Crippen molar-refractivity contribution in [3.05, 3.63) is 0 Å². The lowest BCUT2D eigenvalue weighted by molar-refractivity contribution is -0.125. The van der Waals surface area contributed by atoms with Gasteiger partial charge >= 0.3 is 6.03 Å². The third-order valence-corrected chi connectivity index (χ3v) is 4.94. The predicted octanol–water partition coefficient (Wildman–Crippen LogP) is 0.439. The van der Waals surface area contributed by atoms with Crippen LogP contribution in [-0.4, -0.2) is 65.6 Å². The van der Waals surface area contributed by atoms with E-state index in [4.69, 9.17) is 0 Å². The maximum absolute atomic E-state index is 12.4. The first-order valence-corrected chi connectivity index (χ1v) is 8.83. The average Bonchev–Trinajstić information content (AvgIpc) is 2.63. The number of amides is 4. The molecule has 3 aliphatic rings. The van der Waals surface area contributed by atoms with Gasteiger partial charge in [0.2, 0.25) is 5.91 Å². The number of hydrazone groups is 1. The van der Waals surface area contributed by atoms with Crippen molar-refractivity contribution < 1.29 is 14.4 Å². The minimum Gasteiger partial charge on any atom is -0.335 e. The minimum absolute atomic E-state index is 0.0173. The second-order valence-corrected chi connectivity index (χ2v) is 6.66. The van der Waals surface area contributed by atoms with Gasteiger partial charge in [0.15, 0.2) is 0 Å². The Morgan fingerprint density at radius 1 is 1.00 bits per heavy atom. The quantitative estimate of drug-likeness (QED) is 0.767. The van der Waals surface area contributed by atoms with Crippen LogP contribution in [0.1, 0.15) is 44.9 Å². The lowest BCUT2D eigenvalue weighted by Gasteiger charge is -2.36. The zero-order valence-corrected chi connectivity index (χ0v) is 13.9. The Morgan fingerprint density at radius 2 is 1.67 bits per heavy atom. The van der Waals surface area contributed by atoms with Gasteiger partial charge in [-0.3, -0.25) is 9.59 Å². The standard InChI is InChI=1S/C16H25N5O3/c22-14-7-6-13(18-19-14)15(23)20-8-10-21(11-9-20)16(24)17-12-4-2-1-3-5-12/h12H,1-11H2,(H,17,24)(H,19,22). The number of hydrogen-bond donors (Lipinski definition) is 2. The number of piperazine rings is 1. The molecule has 0 aromatic carbocycles. The van der Waals surface area contributed by atoms with E-state index in [1.807, 2.05) is 0 Å². The monoisotopic (exact) mass is 335 g/mol. The van der Waals surface area contributed by atoms with Crippen LogP contribution in [0.5, 0.6) is 0 Å². The zero-order valence-electron chi connectivity index (χ0n) is 13.9. The van der Waals surface area contributed by atoms with Crippen LogP contribution in [0, 0.1) is 0 Å². The Labute approximate surface area is 141 Å².